The largest absolute Gasteiger partial charge is 0.380 e. The number of hydrogen-bond acceptors (Lipinski definition) is 6. The van der Waals surface area contributed by atoms with Gasteiger partial charge in [-0.2, -0.15) is 0 Å². The minimum atomic E-state index is -0.317. The van der Waals surface area contributed by atoms with Gasteiger partial charge in [0, 0.05) is 23.8 Å². The van der Waals surface area contributed by atoms with Crippen LogP contribution < -0.4 is 5.32 Å². The number of anilines is 1. The lowest BCUT2D eigenvalue weighted by Crippen LogP contribution is -2.10. The Balaban J connectivity index is 2.13. The van der Waals surface area contributed by atoms with Gasteiger partial charge in [-0.3, -0.25) is 0 Å². The quantitative estimate of drug-likeness (QED) is 0.498. The van der Waals surface area contributed by atoms with Crippen LogP contribution in [0.15, 0.2) is 24.3 Å². The van der Waals surface area contributed by atoms with Crippen LogP contribution in [-0.4, -0.2) is 13.2 Å². The van der Waals surface area contributed by atoms with E-state index in [4.69, 9.17) is 21.7 Å². The first-order valence-electron chi connectivity index (χ1n) is 7.30. The van der Waals surface area contributed by atoms with Crippen molar-refractivity contribution >= 4 is 40.6 Å². The molecule has 0 bridgehead atoms. The lowest BCUT2D eigenvalue weighted by molar-refractivity contribution is -0.138. The van der Waals surface area contributed by atoms with E-state index in [9.17, 15) is 0 Å². The normalized spacial score (nSPS) is 11.1. The van der Waals surface area contributed by atoms with Crippen LogP contribution in [0.2, 0.25) is 0 Å². The molecule has 0 fully saturated rings. The molecular formula is C16H21NO2S3. The van der Waals surface area contributed by atoms with Crippen molar-refractivity contribution < 1.29 is 9.47 Å². The molecule has 0 aliphatic carbocycles. The second-order valence-electron chi connectivity index (χ2n) is 4.70. The first-order valence-corrected chi connectivity index (χ1v) is 9.34. The molecule has 6 heteroatoms. The Morgan fingerprint density at radius 2 is 1.73 bits per heavy atom. The van der Waals surface area contributed by atoms with Crippen molar-refractivity contribution in [2.75, 3.05) is 18.5 Å². The zero-order chi connectivity index (χ0) is 15.9. The zero-order valence-electron chi connectivity index (χ0n) is 13.0. The summed E-state index contributed by atoms with van der Waals surface area (Å²) >= 11 is 8.57. The molecule has 1 heterocycles. The molecule has 120 valence electrons. The Labute approximate surface area is 144 Å². The van der Waals surface area contributed by atoms with E-state index in [-0.39, 0.29) is 6.29 Å². The van der Waals surface area contributed by atoms with E-state index in [1.807, 2.05) is 13.8 Å². The van der Waals surface area contributed by atoms with Crippen LogP contribution in [0.1, 0.15) is 35.5 Å². The third-order valence-corrected chi connectivity index (χ3v) is 5.76. The van der Waals surface area contributed by atoms with Gasteiger partial charge in [0.25, 0.3) is 0 Å². The van der Waals surface area contributed by atoms with Gasteiger partial charge >= 0.3 is 0 Å². The van der Waals surface area contributed by atoms with E-state index in [1.54, 1.807) is 22.7 Å². The molecular weight excluding hydrogens is 334 g/mol. The van der Waals surface area contributed by atoms with Crippen molar-refractivity contribution in [1.29, 1.82) is 0 Å². The fourth-order valence-electron chi connectivity index (χ4n) is 1.98. The van der Waals surface area contributed by atoms with Crippen molar-refractivity contribution in [2.24, 2.45) is 0 Å². The lowest BCUT2D eigenvalue weighted by atomic mass is 10.2. The molecule has 0 aliphatic heterocycles. The molecule has 0 unspecified atom stereocenters. The number of ether oxygens (including phenoxy) is 2. The van der Waals surface area contributed by atoms with E-state index in [0.29, 0.717) is 13.2 Å². The van der Waals surface area contributed by atoms with Crippen LogP contribution in [0.3, 0.4) is 0 Å². The maximum atomic E-state index is 5.71. The monoisotopic (exact) mass is 355 g/mol. The Morgan fingerprint density at radius 3 is 2.32 bits per heavy atom. The first-order chi connectivity index (χ1) is 10.6. The molecule has 1 aromatic heterocycles. The average molecular weight is 356 g/mol. The molecule has 2 rings (SSSR count). The highest BCUT2D eigenvalue weighted by molar-refractivity contribution is 7.76. The maximum Gasteiger partial charge on any atom is 0.194 e. The number of nitrogens with one attached hydrogen (secondary N) is 1. The molecule has 2 aromatic rings. The summed E-state index contributed by atoms with van der Waals surface area (Å²) in [5.74, 6) is 0. The highest BCUT2D eigenvalue weighted by atomic mass is 32.2. The van der Waals surface area contributed by atoms with Gasteiger partial charge in [0.15, 0.2) is 6.29 Å². The van der Waals surface area contributed by atoms with Gasteiger partial charge < -0.3 is 14.8 Å². The van der Waals surface area contributed by atoms with Gasteiger partial charge in [0.1, 0.15) is 3.14 Å². The Morgan fingerprint density at radius 1 is 1.09 bits per heavy atom. The Kier molecular flexibility index (Phi) is 6.98. The third-order valence-electron chi connectivity index (χ3n) is 3.03. The predicted molar refractivity (Wildman–Crippen MR) is 97.5 cm³/mol. The fraction of sp³-hybridized carbons (Fsp3) is 0.438. The maximum absolute atomic E-state index is 5.71. The predicted octanol–water partition coefficient (Wildman–Crippen LogP) is 5.53. The van der Waals surface area contributed by atoms with Crippen LogP contribution in [0.4, 0.5) is 5.69 Å². The minimum Gasteiger partial charge on any atom is -0.380 e. The molecule has 1 N–H and O–H groups in total. The first kappa shape index (κ1) is 17.6. The molecule has 1 aromatic carbocycles. The van der Waals surface area contributed by atoms with Crippen molar-refractivity contribution in [3.63, 3.8) is 0 Å². The smallest absolute Gasteiger partial charge is 0.194 e. The van der Waals surface area contributed by atoms with E-state index in [0.717, 1.165) is 20.2 Å². The summed E-state index contributed by atoms with van der Waals surface area (Å²) in [7, 11) is 0. The van der Waals surface area contributed by atoms with E-state index < -0.39 is 0 Å². The van der Waals surface area contributed by atoms with Gasteiger partial charge in [0.2, 0.25) is 0 Å². The van der Waals surface area contributed by atoms with Crippen LogP contribution in [0, 0.1) is 10.1 Å². The number of hydrogen-bond donors (Lipinski definition) is 1. The second kappa shape index (κ2) is 8.74. The minimum absolute atomic E-state index is 0.317. The van der Waals surface area contributed by atoms with E-state index in [1.165, 1.54) is 10.4 Å². The van der Waals surface area contributed by atoms with Gasteiger partial charge in [-0.1, -0.05) is 29.9 Å². The summed E-state index contributed by atoms with van der Waals surface area (Å²) in [6.07, 6.45) is -0.317. The summed E-state index contributed by atoms with van der Waals surface area (Å²) in [5, 5.41) is 3.44. The highest BCUT2D eigenvalue weighted by Gasteiger charge is 2.19. The van der Waals surface area contributed by atoms with Crippen molar-refractivity contribution in [3.05, 3.63) is 42.7 Å². The topological polar surface area (TPSA) is 30.5 Å². The number of rotatable bonds is 8. The van der Waals surface area contributed by atoms with Gasteiger partial charge in [-0.25, -0.2) is 0 Å². The van der Waals surface area contributed by atoms with Crippen LogP contribution in [0.25, 0.3) is 0 Å². The van der Waals surface area contributed by atoms with Crippen LogP contribution >= 0.6 is 34.9 Å². The molecule has 3 nitrogen and oxygen atoms in total. The zero-order valence-corrected chi connectivity index (χ0v) is 15.5. The van der Waals surface area contributed by atoms with Crippen molar-refractivity contribution in [3.8, 4) is 0 Å². The average Bonchev–Trinajstić information content (AvgIpc) is 2.87. The van der Waals surface area contributed by atoms with E-state index in [2.05, 4.69) is 36.5 Å². The van der Waals surface area contributed by atoms with Crippen molar-refractivity contribution in [1.82, 2.24) is 0 Å². The fourth-order valence-corrected chi connectivity index (χ4v) is 4.68. The van der Waals surface area contributed by atoms with Crippen molar-refractivity contribution in [2.45, 2.75) is 33.6 Å². The Hall–Kier alpha value is -0.790. The summed E-state index contributed by atoms with van der Waals surface area (Å²) in [4.78, 5) is 2.26. The van der Waals surface area contributed by atoms with Gasteiger partial charge in [-0.05, 0) is 32.9 Å². The molecule has 0 radical (unpaired) electrons. The molecule has 0 atom stereocenters. The molecule has 0 spiro atoms. The molecule has 0 saturated carbocycles. The summed E-state index contributed by atoms with van der Waals surface area (Å²) in [5.41, 5.74) is 2.36. The van der Waals surface area contributed by atoms with Crippen LogP contribution in [0.5, 0.6) is 0 Å². The van der Waals surface area contributed by atoms with Gasteiger partial charge in [0.05, 0.1) is 11.4 Å². The van der Waals surface area contributed by atoms with Crippen LogP contribution in [-0.2, 0) is 16.0 Å². The molecule has 0 saturated heterocycles. The highest BCUT2D eigenvalue weighted by Crippen LogP contribution is 2.33. The molecule has 0 aliphatic rings. The summed E-state index contributed by atoms with van der Waals surface area (Å²) in [6, 6.07) is 8.37. The number of aryl methyl sites for hydroxylation is 1. The summed E-state index contributed by atoms with van der Waals surface area (Å²) < 4.78 is 12.3. The second-order valence-corrected chi connectivity index (χ2v) is 8.04. The molecule has 0 amide bonds. The SMILES string of the molecule is CCOC(OCC)c1sc(=S)sc1CNc1ccc(C)cc1. The number of benzene rings is 1. The van der Waals surface area contributed by atoms with E-state index >= 15 is 0 Å². The Bertz CT molecular complexity index is 628. The summed E-state index contributed by atoms with van der Waals surface area (Å²) in [6.45, 7) is 7.99. The lowest BCUT2D eigenvalue weighted by Gasteiger charge is -2.17. The standard InChI is InChI=1S/C16H21NO2S3/c1-4-18-15(19-5-2)14-13(21-16(20)22-14)10-17-12-8-6-11(3)7-9-12/h6-9,15,17H,4-5,10H2,1-3H3. The van der Waals surface area contributed by atoms with Gasteiger partial charge in [-0.15, -0.1) is 22.7 Å². The molecule has 22 heavy (non-hydrogen) atoms. The third kappa shape index (κ3) is 4.86.